The van der Waals surface area contributed by atoms with Crippen LogP contribution in [0.2, 0.25) is 0 Å². The van der Waals surface area contributed by atoms with E-state index in [1.165, 1.54) is 29.7 Å². The molecule has 0 saturated carbocycles. The highest BCUT2D eigenvalue weighted by molar-refractivity contribution is 7.93. The SMILES string of the molecule is CCNc1cc(S(=O)(=O)Nc2nc(C)c(C)s2)ccn1. The summed E-state index contributed by atoms with van der Waals surface area (Å²) in [6, 6.07) is 2.95. The number of hydrogen-bond acceptors (Lipinski definition) is 6. The standard InChI is InChI=1S/C12H16N4O2S2/c1-4-13-11-7-10(5-6-14-11)20(17,18)16-12-15-8(2)9(3)19-12/h5-7H,4H2,1-3H3,(H,13,14)(H,15,16). The molecule has 0 atom stereocenters. The zero-order chi connectivity index (χ0) is 14.8. The minimum atomic E-state index is -3.64. The van der Waals surface area contributed by atoms with E-state index >= 15 is 0 Å². The van der Waals surface area contributed by atoms with Crippen molar-refractivity contribution in [1.82, 2.24) is 9.97 Å². The van der Waals surface area contributed by atoms with E-state index in [0.717, 1.165) is 10.6 Å². The summed E-state index contributed by atoms with van der Waals surface area (Å²) in [6.45, 7) is 6.34. The number of pyridine rings is 1. The Balaban J connectivity index is 2.28. The van der Waals surface area contributed by atoms with Gasteiger partial charge in [0.25, 0.3) is 10.0 Å². The van der Waals surface area contributed by atoms with Crippen molar-refractivity contribution in [3.63, 3.8) is 0 Å². The van der Waals surface area contributed by atoms with Crippen LogP contribution in [0.25, 0.3) is 0 Å². The Bertz CT molecular complexity index is 690. The van der Waals surface area contributed by atoms with Crippen LogP contribution in [0.1, 0.15) is 17.5 Å². The van der Waals surface area contributed by atoms with Gasteiger partial charge in [0.1, 0.15) is 5.82 Å². The smallest absolute Gasteiger partial charge is 0.263 e. The van der Waals surface area contributed by atoms with Gasteiger partial charge in [0.2, 0.25) is 0 Å². The number of anilines is 2. The highest BCUT2D eigenvalue weighted by atomic mass is 32.2. The van der Waals surface area contributed by atoms with Crippen molar-refractivity contribution >= 4 is 32.3 Å². The Hall–Kier alpha value is -1.67. The summed E-state index contributed by atoms with van der Waals surface area (Å²) in [5.74, 6) is 0.530. The lowest BCUT2D eigenvalue weighted by atomic mass is 10.4. The Labute approximate surface area is 122 Å². The molecular weight excluding hydrogens is 296 g/mol. The minimum absolute atomic E-state index is 0.161. The second-order valence-electron chi connectivity index (χ2n) is 4.17. The van der Waals surface area contributed by atoms with E-state index in [0.29, 0.717) is 17.5 Å². The van der Waals surface area contributed by atoms with Gasteiger partial charge in [-0.15, -0.1) is 11.3 Å². The number of sulfonamides is 1. The van der Waals surface area contributed by atoms with Crippen molar-refractivity contribution in [2.75, 3.05) is 16.6 Å². The molecule has 0 amide bonds. The molecule has 2 aromatic heterocycles. The van der Waals surface area contributed by atoms with E-state index in [1.54, 1.807) is 0 Å². The molecule has 2 heterocycles. The van der Waals surface area contributed by atoms with Gasteiger partial charge in [-0.1, -0.05) is 0 Å². The lowest BCUT2D eigenvalue weighted by molar-refractivity contribution is 0.601. The van der Waals surface area contributed by atoms with Crippen LogP contribution < -0.4 is 10.0 Å². The first-order valence-corrected chi connectivity index (χ1v) is 8.39. The number of aryl methyl sites for hydroxylation is 2. The fourth-order valence-corrected chi connectivity index (χ4v) is 3.61. The average Bonchev–Trinajstić information content (AvgIpc) is 2.68. The van der Waals surface area contributed by atoms with E-state index in [-0.39, 0.29) is 4.90 Å². The van der Waals surface area contributed by atoms with Crippen LogP contribution >= 0.6 is 11.3 Å². The molecule has 8 heteroatoms. The van der Waals surface area contributed by atoms with Crippen LogP contribution in [0.3, 0.4) is 0 Å². The molecule has 2 rings (SSSR count). The molecule has 0 spiro atoms. The lowest BCUT2D eigenvalue weighted by Gasteiger charge is -2.07. The molecule has 0 aliphatic carbocycles. The predicted molar refractivity (Wildman–Crippen MR) is 80.8 cm³/mol. The first-order chi connectivity index (χ1) is 9.42. The lowest BCUT2D eigenvalue weighted by Crippen LogP contribution is -2.13. The molecule has 0 bridgehead atoms. The van der Waals surface area contributed by atoms with Crippen LogP contribution in [-0.4, -0.2) is 24.9 Å². The molecule has 2 N–H and O–H groups in total. The Morgan fingerprint density at radius 2 is 2.10 bits per heavy atom. The van der Waals surface area contributed by atoms with Crippen molar-refractivity contribution in [2.24, 2.45) is 0 Å². The van der Waals surface area contributed by atoms with Crippen molar-refractivity contribution in [3.05, 3.63) is 28.9 Å². The molecule has 0 aliphatic heterocycles. The normalized spacial score (nSPS) is 11.3. The van der Waals surface area contributed by atoms with Gasteiger partial charge >= 0.3 is 0 Å². The van der Waals surface area contributed by atoms with Crippen LogP contribution in [0.4, 0.5) is 10.9 Å². The van der Waals surface area contributed by atoms with E-state index in [9.17, 15) is 8.42 Å². The van der Waals surface area contributed by atoms with Crippen LogP contribution in [-0.2, 0) is 10.0 Å². The Morgan fingerprint density at radius 1 is 1.35 bits per heavy atom. The van der Waals surface area contributed by atoms with E-state index < -0.39 is 10.0 Å². The summed E-state index contributed by atoms with van der Waals surface area (Å²) in [5.41, 5.74) is 0.829. The maximum atomic E-state index is 12.3. The number of aromatic nitrogens is 2. The summed E-state index contributed by atoms with van der Waals surface area (Å²) >= 11 is 1.32. The zero-order valence-corrected chi connectivity index (χ0v) is 13.1. The van der Waals surface area contributed by atoms with Crippen molar-refractivity contribution < 1.29 is 8.42 Å². The third kappa shape index (κ3) is 3.26. The molecule has 0 aromatic carbocycles. The minimum Gasteiger partial charge on any atom is -0.370 e. The first-order valence-electron chi connectivity index (χ1n) is 6.09. The zero-order valence-electron chi connectivity index (χ0n) is 11.5. The van der Waals surface area contributed by atoms with Gasteiger partial charge < -0.3 is 5.32 Å². The number of hydrogen-bond donors (Lipinski definition) is 2. The highest BCUT2D eigenvalue weighted by Crippen LogP contribution is 2.24. The molecule has 108 valence electrons. The van der Waals surface area contributed by atoms with E-state index in [4.69, 9.17) is 0 Å². The maximum Gasteiger partial charge on any atom is 0.263 e. The fourth-order valence-electron chi connectivity index (χ4n) is 1.55. The van der Waals surface area contributed by atoms with Gasteiger partial charge in [-0.25, -0.2) is 18.4 Å². The predicted octanol–water partition coefficient (Wildman–Crippen LogP) is 2.39. The summed E-state index contributed by atoms with van der Waals surface area (Å²) < 4.78 is 27.0. The van der Waals surface area contributed by atoms with Crippen LogP contribution in [0.5, 0.6) is 0 Å². The third-order valence-corrected chi connectivity index (χ3v) is 5.10. The molecule has 2 aromatic rings. The second kappa shape index (κ2) is 5.76. The summed E-state index contributed by atoms with van der Waals surface area (Å²) in [7, 11) is -3.64. The second-order valence-corrected chi connectivity index (χ2v) is 7.06. The fraction of sp³-hybridized carbons (Fsp3) is 0.333. The van der Waals surface area contributed by atoms with Crippen LogP contribution in [0, 0.1) is 13.8 Å². The van der Waals surface area contributed by atoms with Gasteiger partial charge in [0.15, 0.2) is 5.13 Å². The Kier molecular flexibility index (Phi) is 4.24. The molecule has 0 aliphatic rings. The van der Waals surface area contributed by atoms with Crippen molar-refractivity contribution in [3.8, 4) is 0 Å². The largest absolute Gasteiger partial charge is 0.370 e. The number of nitrogens with one attached hydrogen (secondary N) is 2. The summed E-state index contributed by atoms with van der Waals surface area (Å²) in [4.78, 5) is 9.38. The van der Waals surface area contributed by atoms with E-state index in [2.05, 4.69) is 20.0 Å². The van der Waals surface area contributed by atoms with Crippen molar-refractivity contribution in [2.45, 2.75) is 25.7 Å². The third-order valence-electron chi connectivity index (χ3n) is 2.65. The summed E-state index contributed by atoms with van der Waals surface area (Å²) in [5, 5.41) is 3.36. The topological polar surface area (TPSA) is 84.0 Å². The maximum absolute atomic E-state index is 12.3. The van der Waals surface area contributed by atoms with Crippen molar-refractivity contribution in [1.29, 1.82) is 0 Å². The molecule has 0 saturated heterocycles. The van der Waals surface area contributed by atoms with Gasteiger partial charge in [0.05, 0.1) is 10.6 Å². The monoisotopic (exact) mass is 312 g/mol. The molecular formula is C12H16N4O2S2. The highest BCUT2D eigenvalue weighted by Gasteiger charge is 2.17. The van der Waals surface area contributed by atoms with E-state index in [1.807, 2.05) is 20.8 Å². The molecule has 6 nitrogen and oxygen atoms in total. The number of thiazole rings is 1. The van der Waals surface area contributed by atoms with Gasteiger partial charge in [-0.2, -0.15) is 0 Å². The Morgan fingerprint density at radius 3 is 2.70 bits per heavy atom. The molecule has 0 radical (unpaired) electrons. The molecule has 0 unspecified atom stereocenters. The number of nitrogens with zero attached hydrogens (tertiary/aromatic N) is 2. The van der Waals surface area contributed by atoms with Crippen LogP contribution in [0.15, 0.2) is 23.2 Å². The van der Waals surface area contributed by atoms with Gasteiger partial charge in [0, 0.05) is 23.7 Å². The van der Waals surface area contributed by atoms with Gasteiger partial charge in [-0.3, -0.25) is 4.72 Å². The first kappa shape index (κ1) is 14.7. The summed E-state index contributed by atoms with van der Waals surface area (Å²) in [6.07, 6.45) is 1.46. The molecule has 0 fully saturated rings. The average molecular weight is 312 g/mol. The number of rotatable bonds is 5. The quantitative estimate of drug-likeness (QED) is 0.885. The van der Waals surface area contributed by atoms with Gasteiger partial charge in [-0.05, 0) is 26.8 Å². The molecule has 20 heavy (non-hydrogen) atoms.